The van der Waals surface area contributed by atoms with E-state index in [1.165, 1.54) is 0 Å². The third kappa shape index (κ3) is 2.40. The van der Waals surface area contributed by atoms with Crippen LogP contribution in [0.2, 0.25) is 0 Å². The Balaban J connectivity index is 1.72. The van der Waals surface area contributed by atoms with Crippen LogP contribution >= 0.6 is 0 Å². The van der Waals surface area contributed by atoms with Crippen LogP contribution in [-0.2, 0) is 9.47 Å². The first-order valence-electron chi connectivity index (χ1n) is 4.92. The number of hydrogen-bond acceptors (Lipinski definition) is 4. The van der Waals surface area contributed by atoms with Gasteiger partial charge < -0.3 is 9.47 Å². The molecule has 2 aliphatic rings. The zero-order chi connectivity index (χ0) is 9.26. The summed E-state index contributed by atoms with van der Waals surface area (Å²) in [6.07, 6.45) is 0.780. The molecule has 0 aliphatic carbocycles. The molecule has 0 spiro atoms. The second-order valence-corrected chi connectivity index (χ2v) is 4.06. The second-order valence-electron chi connectivity index (χ2n) is 4.06. The molecule has 2 unspecified atom stereocenters. The van der Waals surface area contributed by atoms with Gasteiger partial charge >= 0.3 is 0 Å². The molecule has 0 amide bonds. The zero-order valence-corrected chi connectivity index (χ0v) is 8.40. The van der Waals surface area contributed by atoms with Gasteiger partial charge in [0.25, 0.3) is 0 Å². The molecule has 2 fully saturated rings. The van der Waals surface area contributed by atoms with E-state index in [0.29, 0.717) is 12.2 Å². The molecule has 4 heteroatoms. The summed E-state index contributed by atoms with van der Waals surface area (Å²) in [4.78, 5) is 4.62. The van der Waals surface area contributed by atoms with Gasteiger partial charge in [-0.3, -0.25) is 9.80 Å². The molecular weight excluding hydrogens is 168 g/mol. The smallest absolute Gasteiger partial charge is 0.101 e. The van der Waals surface area contributed by atoms with Crippen molar-refractivity contribution in [2.24, 2.45) is 0 Å². The molecule has 76 valence electrons. The highest BCUT2D eigenvalue weighted by atomic mass is 16.5. The lowest BCUT2D eigenvalue weighted by atomic mass is 10.4. The van der Waals surface area contributed by atoms with Crippen molar-refractivity contribution in [1.29, 1.82) is 0 Å². The molecule has 0 saturated carbocycles. The van der Waals surface area contributed by atoms with Crippen molar-refractivity contribution in [1.82, 2.24) is 9.80 Å². The first kappa shape index (κ1) is 9.40. The van der Waals surface area contributed by atoms with Crippen molar-refractivity contribution >= 4 is 0 Å². The normalized spacial score (nSPS) is 37.4. The molecule has 13 heavy (non-hydrogen) atoms. The minimum atomic E-state index is 0.390. The molecule has 4 nitrogen and oxygen atoms in total. The molecule has 0 aromatic rings. The Labute approximate surface area is 79.4 Å². The fraction of sp³-hybridized carbons (Fsp3) is 1.00. The van der Waals surface area contributed by atoms with E-state index in [2.05, 4.69) is 23.6 Å². The van der Waals surface area contributed by atoms with Gasteiger partial charge in [-0.1, -0.05) is 0 Å². The minimum Gasteiger partial charge on any atom is -0.362 e. The maximum absolute atomic E-state index is 5.46. The summed E-state index contributed by atoms with van der Waals surface area (Å²) in [6.45, 7) is 8.84. The number of hydrogen-bond donors (Lipinski definition) is 0. The Morgan fingerprint density at radius 3 is 1.77 bits per heavy atom. The summed E-state index contributed by atoms with van der Waals surface area (Å²) in [5.74, 6) is 0. The Kier molecular flexibility index (Phi) is 2.83. The molecule has 2 saturated heterocycles. The lowest BCUT2D eigenvalue weighted by Crippen LogP contribution is -2.35. The van der Waals surface area contributed by atoms with Gasteiger partial charge in [0.1, 0.15) is 13.5 Å². The predicted molar refractivity (Wildman–Crippen MR) is 49.1 cm³/mol. The third-order valence-corrected chi connectivity index (χ3v) is 2.51. The van der Waals surface area contributed by atoms with Crippen LogP contribution in [-0.4, -0.2) is 55.2 Å². The molecule has 2 atom stereocenters. The fourth-order valence-electron chi connectivity index (χ4n) is 1.88. The van der Waals surface area contributed by atoms with E-state index in [9.17, 15) is 0 Å². The monoisotopic (exact) mass is 186 g/mol. The van der Waals surface area contributed by atoms with Crippen molar-refractivity contribution in [2.75, 3.05) is 33.2 Å². The first-order chi connectivity index (χ1) is 6.24. The van der Waals surface area contributed by atoms with E-state index in [-0.39, 0.29) is 0 Å². The van der Waals surface area contributed by atoms with Gasteiger partial charge in [0, 0.05) is 13.1 Å². The van der Waals surface area contributed by atoms with Crippen LogP contribution in [0.1, 0.15) is 13.8 Å². The lowest BCUT2D eigenvalue weighted by Gasteiger charge is -2.20. The maximum Gasteiger partial charge on any atom is 0.101 e. The van der Waals surface area contributed by atoms with E-state index >= 15 is 0 Å². The molecule has 0 aromatic heterocycles. The second kappa shape index (κ2) is 3.92. The van der Waals surface area contributed by atoms with Gasteiger partial charge in [0.2, 0.25) is 0 Å². The van der Waals surface area contributed by atoms with Crippen molar-refractivity contribution in [3.8, 4) is 0 Å². The van der Waals surface area contributed by atoms with Crippen molar-refractivity contribution in [3.63, 3.8) is 0 Å². The van der Waals surface area contributed by atoms with Gasteiger partial charge in [0.05, 0.1) is 18.9 Å². The molecule has 0 bridgehead atoms. The van der Waals surface area contributed by atoms with E-state index < -0.39 is 0 Å². The van der Waals surface area contributed by atoms with Gasteiger partial charge in [0.15, 0.2) is 0 Å². The Bertz CT molecular complexity index is 159. The minimum absolute atomic E-state index is 0.390. The van der Waals surface area contributed by atoms with Crippen LogP contribution in [0.25, 0.3) is 0 Å². The van der Waals surface area contributed by atoms with Crippen molar-refractivity contribution in [3.05, 3.63) is 0 Å². The average Bonchev–Trinajstić information content (AvgIpc) is 2.62. The Morgan fingerprint density at radius 2 is 1.46 bits per heavy atom. The Morgan fingerprint density at radius 1 is 1.00 bits per heavy atom. The van der Waals surface area contributed by atoms with Crippen molar-refractivity contribution < 1.29 is 9.47 Å². The molecule has 2 aliphatic heterocycles. The summed E-state index contributed by atoms with van der Waals surface area (Å²) in [7, 11) is 0. The van der Waals surface area contributed by atoms with Crippen LogP contribution in [0, 0.1) is 0 Å². The predicted octanol–water partition coefficient (Wildman–Crippen LogP) is 0.300. The zero-order valence-electron chi connectivity index (χ0n) is 8.40. The summed E-state index contributed by atoms with van der Waals surface area (Å²) < 4.78 is 10.9. The third-order valence-electron chi connectivity index (χ3n) is 2.51. The summed E-state index contributed by atoms with van der Waals surface area (Å²) in [6, 6.07) is 0. The lowest BCUT2D eigenvalue weighted by molar-refractivity contribution is 0.0551. The fourth-order valence-corrected chi connectivity index (χ4v) is 1.88. The summed E-state index contributed by atoms with van der Waals surface area (Å²) >= 11 is 0. The molecule has 0 aromatic carbocycles. The van der Waals surface area contributed by atoms with Gasteiger partial charge in [-0.15, -0.1) is 0 Å². The van der Waals surface area contributed by atoms with Crippen molar-refractivity contribution in [2.45, 2.75) is 26.1 Å². The quantitative estimate of drug-likeness (QED) is 0.619. The van der Waals surface area contributed by atoms with Crippen LogP contribution in [0.15, 0.2) is 0 Å². The highest BCUT2D eigenvalue weighted by Gasteiger charge is 2.25. The number of rotatable bonds is 2. The van der Waals surface area contributed by atoms with Gasteiger partial charge in [-0.2, -0.15) is 0 Å². The standard InChI is InChI=1S/C9H18N2O2/c1-8-3-10(6-12-8)5-11-4-9(2)13-7-11/h8-9H,3-7H2,1-2H3. The summed E-state index contributed by atoms with van der Waals surface area (Å²) in [5, 5.41) is 0. The Hall–Kier alpha value is -0.160. The highest BCUT2D eigenvalue weighted by molar-refractivity contribution is 4.70. The highest BCUT2D eigenvalue weighted by Crippen LogP contribution is 2.12. The number of nitrogens with zero attached hydrogens (tertiary/aromatic N) is 2. The molecule has 0 radical (unpaired) electrons. The number of ether oxygens (including phenoxy) is 2. The first-order valence-corrected chi connectivity index (χ1v) is 4.92. The summed E-state index contributed by atoms with van der Waals surface area (Å²) in [5.41, 5.74) is 0. The van der Waals surface area contributed by atoms with E-state index in [1.807, 2.05) is 0 Å². The van der Waals surface area contributed by atoms with Crippen LogP contribution < -0.4 is 0 Å². The molecule has 2 rings (SSSR count). The van der Waals surface area contributed by atoms with Gasteiger partial charge in [-0.25, -0.2) is 0 Å². The van der Waals surface area contributed by atoms with Crippen LogP contribution in [0.3, 0.4) is 0 Å². The van der Waals surface area contributed by atoms with E-state index in [1.54, 1.807) is 0 Å². The largest absolute Gasteiger partial charge is 0.362 e. The van der Waals surface area contributed by atoms with E-state index in [0.717, 1.165) is 33.2 Å². The SMILES string of the molecule is CC1CN(CN2COC(C)C2)CO1. The van der Waals surface area contributed by atoms with Gasteiger partial charge in [-0.05, 0) is 13.8 Å². The topological polar surface area (TPSA) is 24.9 Å². The molecular formula is C9H18N2O2. The molecule has 2 heterocycles. The van der Waals surface area contributed by atoms with E-state index in [4.69, 9.17) is 9.47 Å². The maximum atomic E-state index is 5.46. The average molecular weight is 186 g/mol. The van der Waals surface area contributed by atoms with Crippen LogP contribution in [0.5, 0.6) is 0 Å². The molecule has 0 N–H and O–H groups in total. The van der Waals surface area contributed by atoms with Crippen LogP contribution in [0.4, 0.5) is 0 Å².